The molecular weight excluding hydrogens is 387 g/mol. The summed E-state index contributed by atoms with van der Waals surface area (Å²) >= 11 is 5.63. The van der Waals surface area contributed by atoms with Crippen molar-refractivity contribution >= 4 is 12.2 Å². The Balaban J connectivity index is 1.79. The third-order valence-electron chi connectivity index (χ3n) is 4.40. The smallest absolute Gasteiger partial charge is 0.199 e. The standard InChI is InChI=1S/C22H25FN4OS/c1-4-14-26-21(18-8-10-19(23)11-9-18)24-27(22(26)29)16-25(3)15-17-6-12-20(13-7-17)28-5-2/h4,6-13H,1,5,14-16H2,2-3H3. The predicted molar refractivity (Wildman–Crippen MR) is 116 cm³/mol. The Kier molecular flexibility index (Phi) is 6.95. The molecule has 0 aliphatic carbocycles. The first-order valence-electron chi connectivity index (χ1n) is 9.46. The fourth-order valence-corrected chi connectivity index (χ4v) is 3.35. The molecule has 0 bridgehead atoms. The second-order valence-corrected chi connectivity index (χ2v) is 7.11. The summed E-state index contributed by atoms with van der Waals surface area (Å²) in [5.74, 6) is 1.29. The first-order chi connectivity index (χ1) is 14.0. The summed E-state index contributed by atoms with van der Waals surface area (Å²) in [7, 11) is 2.02. The molecule has 1 aromatic heterocycles. The molecule has 152 valence electrons. The van der Waals surface area contributed by atoms with Crippen molar-refractivity contribution in [1.29, 1.82) is 0 Å². The summed E-state index contributed by atoms with van der Waals surface area (Å²) in [6.07, 6.45) is 1.78. The van der Waals surface area contributed by atoms with Gasteiger partial charge in [-0.3, -0.25) is 9.47 Å². The number of allylic oxidation sites excluding steroid dienone is 1. The van der Waals surface area contributed by atoms with Crippen molar-refractivity contribution in [3.63, 3.8) is 0 Å². The average Bonchev–Trinajstić information content (AvgIpc) is 3.00. The highest BCUT2D eigenvalue weighted by Crippen LogP contribution is 2.20. The minimum absolute atomic E-state index is 0.280. The van der Waals surface area contributed by atoms with Crippen LogP contribution in [-0.4, -0.2) is 32.9 Å². The number of ether oxygens (including phenoxy) is 1. The van der Waals surface area contributed by atoms with Crippen LogP contribution in [0.25, 0.3) is 11.4 Å². The van der Waals surface area contributed by atoms with Gasteiger partial charge in [-0.25, -0.2) is 9.07 Å². The minimum Gasteiger partial charge on any atom is -0.494 e. The first-order valence-corrected chi connectivity index (χ1v) is 9.87. The third kappa shape index (κ3) is 5.19. The van der Waals surface area contributed by atoms with E-state index in [0.29, 0.717) is 30.4 Å². The molecule has 0 amide bonds. The van der Waals surface area contributed by atoms with Gasteiger partial charge in [0.2, 0.25) is 0 Å². The lowest BCUT2D eigenvalue weighted by Gasteiger charge is -2.16. The molecule has 3 aromatic rings. The van der Waals surface area contributed by atoms with Crippen LogP contribution in [0.4, 0.5) is 4.39 Å². The van der Waals surface area contributed by atoms with Gasteiger partial charge in [0, 0.05) is 18.7 Å². The van der Waals surface area contributed by atoms with Crippen LogP contribution in [0.3, 0.4) is 0 Å². The number of hydrogen-bond acceptors (Lipinski definition) is 4. The van der Waals surface area contributed by atoms with Crippen LogP contribution in [0.15, 0.2) is 61.2 Å². The van der Waals surface area contributed by atoms with E-state index in [-0.39, 0.29) is 5.82 Å². The van der Waals surface area contributed by atoms with Gasteiger partial charge in [0.15, 0.2) is 10.6 Å². The number of aromatic nitrogens is 3. The molecule has 0 saturated heterocycles. The van der Waals surface area contributed by atoms with Crippen molar-refractivity contribution in [2.45, 2.75) is 26.7 Å². The maximum atomic E-state index is 13.3. The fraction of sp³-hybridized carbons (Fsp3) is 0.273. The first kappa shape index (κ1) is 21.0. The molecule has 0 radical (unpaired) electrons. The molecule has 0 atom stereocenters. The van der Waals surface area contributed by atoms with E-state index in [4.69, 9.17) is 22.1 Å². The molecule has 3 rings (SSSR count). The fourth-order valence-electron chi connectivity index (χ4n) is 3.09. The van der Waals surface area contributed by atoms with Gasteiger partial charge < -0.3 is 4.74 Å². The Labute approximate surface area is 175 Å². The zero-order valence-electron chi connectivity index (χ0n) is 16.7. The summed E-state index contributed by atoms with van der Waals surface area (Å²) in [4.78, 5) is 2.13. The Hall–Kier alpha value is -2.77. The summed E-state index contributed by atoms with van der Waals surface area (Å²) in [6.45, 7) is 8.24. The van der Waals surface area contributed by atoms with E-state index in [1.165, 1.54) is 17.7 Å². The molecule has 2 aromatic carbocycles. The zero-order chi connectivity index (χ0) is 20.8. The molecule has 7 heteroatoms. The van der Waals surface area contributed by atoms with Crippen molar-refractivity contribution in [2.24, 2.45) is 0 Å². The highest BCUT2D eigenvalue weighted by molar-refractivity contribution is 7.71. The highest BCUT2D eigenvalue weighted by Gasteiger charge is 2.13. The normalized spacial score (nSPS) is 11.0. The van der Waals surface area contributed by atoms with E-state index < -0.39 is 0 Å². The van der Waals surface area contributed by atoms with E-state index in [2.05, 4.69) is 23.6 Å². The molecule has 5 nitrogen and oxygen atoms in total. The third-order valence-corrected chi connectivity index (χ3v) is 4.83. The monoisotopic (exact) mass is 412 g/mol. The Bertz CT molecular complexity index is 1010. The van der Waals surface area contributed by atoms with E-state index >= 15 is 0 Å². The van der Waals surface area contributed by atoms with Gasteiger partial charge >= 0.3 is 0 Å². The molecule has 0 aliphatic rings. The summed E-state index contributed by atoms with van der Waals surface area (Å²) < 4.78 is 23.1. The molecule has 29 heavy (non-hydrogen) atoms. The second-order valence-electron chi connectivity index (χ2n) is 6.74. The van der Waals surface area contributed by atoms with Gasteiger partial charge in [0.05, 0.1) is 13.3 Å². The van der Waals surface area contributed by atoms with Gasteiger partial charge in [-0.15, -0.1) is 6.58 Å². The molecule has 1 heterocycles. The maximum Gasteiger partial charge on any atom is 0.199 e. The maximum absolute atomic E-state index is 13.3. The molecule has 0 spiro atoms. The van der Waals surface area contributed by atoms with Crippen LogP contribution >= 0.6 is 12.2 Å². The Morgan fingerprint density at radius 1 is 1.17 bits per heavy atom. The van der Waals surface area contributed by atoms with Crippen molar-refractivity contribution in [3.8, 4) is 17.1 Å². The molecule has 0 aliphatic heterocycles. The average molecular weight is 413 g/mol. The molecule has 0 saturated carbocycles. The van der Waals surface area contributed by atoms with Crippen LogP contribution in [-0.2, 0) is 19.8 Å². The molecule has 0 unspecified atom stereocenters. The zero-order valence-corrected chi connectivity index (χ0v) is 17.5. The predicted octanol–water partition coefficient (Wildman–Crippen LogP) is 4.89. The van der Waals surface area contributed by atoms with Gasteiger partial charge in [0.1, 0.15) is 11.6 Å². The number of nitrogens with zero attached hydrogens (tertiary/aromatic N) is 4. The minimum atomic E-state index is -0.280. The molecule has 0 N–H and O–H groups in total. The molecule has 0 fully saturated rings. The van der Waals surface area contributed by atoms with E-state index in [1.54, 1.807) is 22.9 Å². The summed E-state index contributed by atoms with van der Waals surface area (Å²) in [6, 6.07) is 14.3. The number of rotatable bonds is 9. The number of benzene rings is 2. The summed E-state index contributed by atoms with van der Waals surface area (Å²) in [5.41, 5.74) is 1.99. The van der Waals surface area contributed by atoms with Crippen LogP contribution in [0.5, 0.6) is 5.75 Å². The van der Waals surface area contributed by atoms with Gasteiger partial charge in [0.25, 0.3) is 0 Å². The van der Waals surface area contributed by atoms with E-state index in [1.807, 2.05) is 30.7 Å². The SMILES string of the molecule is C=CCn1c(-c2ccc(F)cc2)nn(CN(C)Cc2ccc(OCC)cc2)c1=S. The van der Waals surface area contributed by atoms with Crippen LogP contribution < -0.4 is 4.74 Å². The highest BCUT2D eigenvalue weighted by atomic mass is 32.1. The van der Waals surface area contributed by atoms with Crippen molar-refractivity contribution in [2.75, 3.05) is 13.7 Å². The van der Waals surface area contributed by atoms with Gasteiger partial charge in [-0.2, -0.15) is 5.10 Å². The molecular formula is C22H25FN4OS. The topological polar surface area (TPSA) is 35.2 Å². The van der Waals surface area contributed by atoms with Crippen LogP contribution in [0.2, 0.25) is 0 Å². The Morgan fingerprint density at radius 3 is 2.48 bits per heavy atom. The lowest BCUT2D eigenvalue weighted by Crippen LogP contribution is -2.22. The van der Waals surface area contributed by atoms with Crippen molar-refractivity contribution < 1.29 is 9.13 Å². The van der Waals surface area contributed by atoms with Crippen LogP contribution in [0.1, 0.15) is 12.5 Å². The quantitative estimate of drug-likeness (QED) is 0.370. The lowest BCUT2D eigenvalue weighted by molar-refractivity contribution is 0.244. The van der Waals surface area contributed by atoms with E-state index in [9.17, 15) is 4.39 Å². The van der Waals surface area contributed by atoms with Crippen molar-refractivity contribution in [1.82, 2.24) is 19.2 Å². The Morgan fingerprint density at radius 2 is 1.86 bits per heavy atom. The van der Waals surface area contributed by atoms with E-state index in [0.717, 1.165) is 17.9 Å². The lowest BCUT2D eigenvalue weighted by atomic mass is 10.2. The van der Waals surface area contributed by atoms with Crippen LogP contribution in [0, 0.1) is 10.6 Å². The van der Waals surface area contributed by atoms with Gasteiger partial charge in [-0.1, -0.05) is 18.2 Å². The number of hydrogen-bond donors (Lipinski definition) is 0. The second kappa shape index (κ2) is 9.62. The number of halogens is 1. The van der Waals surface area contributed by atoms with Gasteiger partial charge in [-0.05, 0) is 68.2 Å². The van der Waals surface area contributed by atoms with Crippen molar-refractivity contribution in [3.05, 3.63) is 77.3 Å². The largest absolute Gasteiger partial charge is 0.494 e. The summed E-state index contributed by atoms with van der Waals surface area (Å²) in [5, 5.41) is 4.69.